The molecule has 2 rings (SSSR count). The average molecular weight is 398 g/mol. The third-order valence-electron chi connectivity index (χ3n) is 4.65. The number of hydrogen-bond donors (Lipinski definition) is 2. The third-order valence-corrected chi connectivity index (χ3v) is 4.65. The highest BCUT2D eigenvalue weighted by Gasteiger charge is 2.10. The molecule has 1 atom stereocenters. The maximum absolute atomic E-state index is 12.0. The predicted molar refractivity (Wildman–Crippen MR) is 118 cm³/mol. The van der Waals surface area contributed by atoms with E-state index in [9.17, 15) is 9.90 Å². The Morgan fingerprint density at radius 3 is 2.34 bits per heavy atom. The number of hydrogen-bond acceptors (Lipinski definition) is 5. The lowest BCUT2D eigenvalue weighted by Gasteiger charge is -2.20. The van der Waals surface area contributed by atoms with Crippen molar-refractivity contribution in [3.8, 4) is 5.75 Å². The largest absolute Gasteiger partial charge is 0.494 e. The summed E-state index contributed by atoms with van der Waals surface area (Å²) in [5, 5.41) is 14.2. The highest BCUT2D eigenvalue weighted by molar-refractivity contribution is 5.82. The van der Waals surface area contributed by atoms with Crippen LogP contribution >= 0.6 is 0 Å². The fourth-order valence-electron chi connectivity index (χ4n) is 2.98. The van der Waals surface area contributed by atoms with Gasteiger partial charge in [0.2, 0.25) is 5.91 Å². The summed E-state index contributed by atoms with van der Waals surface area (Å²) in [7, 11) is 0. The Balaban J connectivity index is 1.77. The van der Waals surface area contributed by atoms with Crippen LogP contribution in [0.15, 0.2) is 53.6 Å². The van der Waals surface area contributed by atoms with Gasteiger partial charge in [-0.15, -0.1) is 0 Å². The SMILES string of the molecule is CCOc1ccc([C@@H](O)CCC(=O)N/N=C/c2ccc(N(CC)CC)cc2)cc1. The summed E-state index contributed by atoms with van der Waals surface area (Å²) in [6, 6.07) is 15.3. The molecule has 0 saturated heterocycles. The summed E-state index contributed by atoms with van der Waals surface area (Å²) < 4.78 is 5.39. The van der Waals surface area contributed by atoms with Crippen LogP contribution in [0.1, 0.15) is 50.8 Å². The van der Waals surface area contributed by atoms with E-state index >= 15 is 0 Å². The molecular weight excluding hydrogens is 366 g/mol. The molecule has 0 aromatic heterocycles. The molecular formula is C23H31N3O3. The molecule has 0 aliphatic rings. The van der Waals surface area contributed by atoms with Gasteiger partial charge in [-0.05, 0) is 62.6 Å². The van der Waals surface area contributed by atoms with Crippen LogP contribution in [0, 0.1) is 0 Å². The fraction of sp³-hybridized carbons (Fsp3) is 0.391. The Morgan fingerprint density at radius 2 is 1.76 bits per heavy atom. The Morgan fingerprint density at radius 1 is 1.10 bits per heavy atom. The van der Waals surface area contributed by atoms with Gasteiger partial charge in [0.15, 0.2) is 0 Å². The topological polar surface area (TPSA) is 74.2 Å². The molecule has 2 aromatic rings. The van der Waals surface area contributed by atoms with Crippen LogP contribution in [0.5, 0.6) is 5.75 Å². The van der Waals surface area contributed by atoms with Gasteiger partial charge in [0.25, 0.3) is 0 Å². The van der Waals surface area contributed by atoms with Crippen molar-refractivity contribution in [3.63, 3.8) is 0 Å². The molecule has 0 unspecified atom stereocenters. The Bertz CT molecular complexity index is 769. The van der Waals surface area contributed by atoms with Gasteiger partial charge in [-0.25, -0.2) is 5.43 Å². The third kappa shape index (κ3) is 7.23. The number of amides is 1. The summed E-state index contributed by atoms with van der Waals surface area (Å²) in [6.45, 7) is 8.70. The number of hydrazone groups is 1. The molecule has 2 N–H and O–H groups in total. The van der Waals surface area contributed by atoms with Crippen molar-refractivity contribution in [2.75, 3.05) is 24.6 Å². The molecule has 6 heteroatoms. The molecule has 0 saturated carbocycles. The molecule has 0 aliphatic heterocycles. The highest BCUT2D eigenvalue weighted by Crippen LogP contribution is 2.21. The van der Waals surface area contributed by atoms with Crippen LogP contribution < -0.4 is 15.1 Å². The van der Waals surface area contributed by atoms with Gasteiger partial charge in [0, 0.05) is 25.2 Å². The second-order valence-electron chi connectivity index (χ2n) is 6.61. The van der Waals surface area contributed by atoms with Crippen molar-refractivity contribution >= 4 is 17.8 Å². The highest BCUT2D eigenvalue weighted by atomic mass is 16.5. The number of benzene rings is 2. The normalized spacial score (nSPS) is 12.0. The standard InChI is InChI=1S/C23H31N3O3/c1-4-26(5-2)20-11-7-18(8-12-20)17-24-25-23(28)16-15-22(27)19-9-13-21(14-10-19)29-6-3/h7-14,17,22,27H,4-6,15-16H2,1-3H3,(H,25,28)/b24-17+/t22-/m0/s1. The summed E-state index contributed by atoms with van der Waals surface area (Å²) in [4.78, 5) is 14.2. The van der Waals surface area contributed by atoms with E-state index in [0.717, 1.165) is 30.0 Å². The molecule has 0 fully saturated rings. The van der Waals surface area contributed by atoms with Gasteiger partial charge in [0.1, 0.15) is 5.75 Å². The van der Waals surface area contributed by atoms with E-state index in [-0.39, 0.29) is 12.3 Å². The van der Waals surface area contributed by atoms with Gasteiger partial charge in [-0.2, -0.15) is 5.10 Å². The van der Waals surface area contributed by atoms with Crippen molar-refractivity contribution in [2.45, 2.75) is 39.7 Å². The first-order valence-corrected chi connectivity index (χ1v) is 10.1. The lowest BCUT2D eigenvalue weighted by Crippen LogP contribution is -2.21. The van der Waals surface area contributed by atoms with Crippen molar-refractivity contribution in [2.24, 2.45) is 5.10 Å². The Kier molecular flexibility index (Phi) is 9.18. The number of anilines is 1. The van der Waals surface area contributed by atoms with Gasteiger partial charge in [-0.1, -0.05) is 24.3 Å². The van der Waals surface area contributed by atoms with E-state index in [0.29, 0.717) is 13.0 Å². The maximum atomic E-state index is 12.0. The maximum Gasteiger partial charge on any atom is 0.240 e. The van der Waals surface area contributed by atoms with Gasteiger partial charge < -0.3 is 14.7 Å². The van der Waals surface area contributed by atoms with Crippen LogP contribution in [-0.4, -0.2) is 36.9 Å². The van der Waals surface area contributed by atoms with Crippen LogP contribution in [0.2, 0.25) is 0 Å². The summed E-state index contributed by atoms with van der Waals surface area (Å²) in [5.74, 6) is 0.534. The lowest BCUT2D eigenvalue weighted by molar-refractivity contribution is -0.121. The van der Waals surface area contributed by atoms with E-state index in [1.165, 1.54) is 5.69 Å². The monoisotopic (exact) mass is 397 g/mol. The predicted octanol–water partition coefficient (Wildman–Crippen LogP) is 3.90. The first-order chi connectivity index (χ1) is 14.1. The van der Waals surface area contributed by atoms with Crippen LogP contribution in [0.3, 0.4) is 0 Å². The smallest absolute Gasteiger partial charge is 0.240 e. The fourth-order valence-corrected chi connectivity index (χ4v) is 2.98. The number of ether oxygens (including phenoxy) is 1. The zero-order chi connectivity index (χ0) is 21.1. The van der Waals surface area contributed by atoms with Crippen molar-refractivity contribution < 1.29 is 14.6 Å². The van der Waals surface area contributed by atoms with Gasteiger partial charge in [0.05, 0.1) is 18.9 Å². The van der Waals surface area contributed by atoms with Gasteiger partial charge in [-0.3, -0.25) is 4.79 Å². The number of nitrogens with zero attached hydrogens (tertiary/aromatic N) is 2. The quantitative estimate of drug-likeness (QED) is 0.446. The van der Waals surface area contributed by atoms with Crippen LogP contribution in [-0.2, 0) is 4.79 Å². The summed E-state index contributed by atoms with van der Waals surface area (Å²) in [6.07, 6.45) is 1.43. The molecule has 0 radical (unpaired) electrons. The summed E-state index contributed by atoms with van der Waals surface area (Å²) >= 11 is 0. The summed E-state index contributed by atoms with van der Waals surface area (Å²) in [5.41, 5.74) is 5.35. The first-order valence-electron chi connectivity index (χ1n) is 10.1. The zero-order valence-electron chi connectivity index (χ0n) is 17.5. The molecule has 29 heavy (non-hydrogen) atoms. The van der Waals surface area contributed by atoms with E-state index in [4.69, 9.17) is 4.74 Å². The van der Waals surface area contributed by atoms with E-state index in [1.54, 1.807) is 6.21 Å². The Labute approximate surface area is 173 Å². The van der Waals surface area contributed by atoms with E-state index < -0.39 is 6.10 Å². The average Bonchev–Trinajstić information content (AvgIpc) is 2.75. The minimum absolute atomic E-state index is 0.187. The molecule has 0 spiro atoms. The molecule has 0 bridgehead atoms. The lowest BCUT2D eigenvalue weighted by atomic mass is 10.0. The van der Waals surface area contributed by atoms with Gasteiger partial charge >= 0.3 is 0 Å². The number of nitrogens with one attached hydrogen (secondary N) is 1. The zero-order valence-corrected chi connectivity index (χ0v) is 17.5. The second-order valence-corrected chi connectivity index (χ2v) is 6.61. The Hall–Kier alpha value is -2.86. The molecule has 6 nitrogen and oxygen atoms in total. The van der Waals surface area contributed by atoms with Crippen LogP contribution in [0.25, 0.3) is 0 Å². The second kappa shape index (κ2) is 11.9. The first kappa shape index (κ1) is 22.4. The molecule has 2 aromatic carbocycles. The minimum atomic E-state index is -0.701. The number of aliphatic hydroxyl groups excluding tert-OH is 1. The number of carbonyl (C=O) groups excluding carboxylic acids is 1. The van der Waals surface area contributed by atoms with E-state index in [2.05, 4.69) is 29.3 Å². The van der Waals surface area contributed by atoms with E-state index in [1.807, 2.05) is 55.5 Å². The number of aliphatic hydroxyl groups is 1. The van der Waals surface area contributed by atoms with Crippen LogP contribution in [0.4, 0.5) is 5.69 Å². The molecule has 1 amide bonds. The molecule has 0 heterocycles. The van der Waals surface area contributed by atoms with Crippen molar-refractivity contribution in [1.29, 1.82) is 0 Å². The minimum Gasteiger partial charge on any atom is -0.494 e. The molecule has 156 valence electrons. The number of rotatable bonds is 11. The number of carbonyl (C=O) groups is 1. The molecule has 0 aliphatic carbocycles. The van der Waals surface area contributed by atoms with Crippen molar-refractivity contribution in [1.82, 2.24) is 5.43 Å². The van der Waals surface area contributed by atoms with Crippen molar-refractivity contribution in [3.05, 3.63) is 59.7 Å².